The van der Waals surface area contributed by atoms with Crippen molar-refractivity contribution in [3.8, 4) is 0 Å². The fraction of sp³-hybridized carbons (Fsp3) is 0.333. The first-order valence-electron chi connectivity index (χ1n) is 5.06. The zero-order valence-corrected chi connectivity index (χ0v) is 8.90. The molecule has 0 aliphatic rings. The van der Waals surface area contributed by atoms with Gasteiger partial charge < -0.3 is 14.8 Å². The fourth-order valence-electron chi connectivity index (χ4n) is 1.55. The number of rotatable bonds is 3. The highest BCUT2D eigenvalue weighted by atomic mass is 16.4. The van der Waals surface area contributed by atoms with Crippen molar-refractivity contribution in [2.75, 3.05) is 7.05 Å². The molecule has 2 atom stereocenters. The first-order valence-corrected chi connectivity index (χ1v) is 5.06. The molecule has 2 unspecified atom stereocenters. The number of nitrogens with one attached hydrogen (secondary N) is 1. The van der Waals surface area contributed by atoms with Crippen LogP contribution in [0.4, 0.5) is 0 Å². The highest BCUT2D eigenvalue weighted by Crippen LogP contribution is 2.25. The van der Waals surface area contributed by atoms with Crippen molar-refractivity contribution in [1.82, 2.24) is 5.32 Å². The topological polar surface area (TPSA) is 45.4 Å². The number of para-hydroxylation sites is 1. The van der Waals surface area contributed by atoms with Crippen LogP contribution in [0.25, 0.3) is 11.0 Å². The second-order valence-corrected chi connectivity index (χ2v) is 3.71. The molecule has 2 N–H and O–H groups in total. The molecule has 0 radical (unpaired) electrons. The van der Waals surface area contributed by atoms with E-state index >= 15 is 0 Å². The Hall–Kier alpha value is -1.32. The molecule has 0 aliphatic carbocycles. The van der Waals surface area contributed by atoms with Crippen LogP contribution in [0.3, 0.4) is 0 Å². The molecule has 2 rings (SSSR count). The monoisotopic (exact) mass is 205 g/mol. The Morgan fingerprint density at radius 3 is 2.73 bits per heavy atom. The maximum absolute atomic E-state index is 9.93. The number of hydrogen-bond acceptors (Lipinski definition) is 3. The van der Waals surface area contributed by atoms with E-state index in [1.165, 1.54) is 0 Å². The molecule has 1 aromatic heterocycles. The summed E-state index contributed by atoms with van der Waals surface area (Å²) in [5.74, 6) is 0.609. The lowest BCUT2D eigenvalue weighted by atomic mass is 10.1. The Bertz CT molecular complexity index is 417. The lowest BCUT2D eigenvalue weighted by molar-refractivity contribution is 0.117. The summed E-state index contributed by atoms with van der Waals surface area (Å²) >= 11 is 0. The van der Waals surface area contributed by atoms with Crippen LogP contribution in [-0.2, 0) is 0 Å². The molecular formula is C12H15NO2. The summed E-state index contributed by atoms with van der Waals surface area (Å²) in [7, 11) is 1.82. The molecule has 0 bridgehead atoms. The van der Waals surface area contributed by atoms with E-state index in [0.29, 0.717) is 5.76 Å². The second-order valence-electron chi connectivity index (χ2n) is 3.71. The van der Waals surface area contributed by atoms with Gasteiger partial charge in [-0.25, -0.2) is 0 Å². The van der Waals surface area contributed by atoms with Gasteiger partial charge in [0.05, 0.1) is 0 Å². The van der Waals surface area contributed by atoms with Gasteiger partial charge in [0.2, 0.25) is 0 Å². The minimum Gasteiger partial charge on any atom is -0.458 e. The summed E-state index contributed by atoms with van der Waals surface area (Å²) in [5.41, 5.74) is 0.815. The largest absolute Gasteiger partial charge is 0.458 e. The Labute approximate surface area is 88.7 Å². The van der Waals surface area contributed by atoms with Gasteiger partial charge in [0.15, 0.2) is 0 Å². The van der Waals surface area contributed by atoms with Crippen LogP contribution in [0.5, 0.6) is 0 Å². The minimum atomic E-state index is -0.609. The van der Waals surface area contributed by atoms with Gasteiger partial charge in [-0.15, -0.1) is 0 Å². The summed E-state index contributed by atoms with van der Waals surface area (Å²) in [6, 6.07) is 9.60. The number of aliphatic hydroxyl groups excluding tert-OH is 1. The third-order valence-corrected chi connectivity index (χ3v) is 2.67. The molecule has 0 amide bonds. The van der Waals surface area contributed by atoms with Crippen molar-refractivity contribution in [3.63, 3.8) is 0 Å². The summed E-state index contributed by atoms with van der Waals surface area (Å²) < 4.78 is 5.56. The van der Waals surface area contributed by atoms with Crippen molar-refractivity contribution in [2.24, 2.45) is 0 Å². The van der Waals surface area contributed by atoms with Crippen LogP contribution in [0.15, 0.2) is 34.7 Å². The van der Waals surface area contributed by atoms with Gasteiger partial charge >= 0.3 is 0 Å². The van der Waals surface area contributed by atoms with E-state index in [0.717, 1.165) is 11.0 Å². The van der Waals surface area contributed by atoms with Crippen molar-refractivity contribution in [3.05, 3.63) is 36.1 Å². The molecule has 3 heteroatoms. The predicted octanol–water partition coefficient (Wildman–Crippen LogP) is 2.07. The van der Waals surface area contributed by atoms with E-state index in [1.54, 1.807) is 0 Å². The predicted molar refractivity (Wildman–Crippen MR) is 59.7 cm³/mol. The van der Waals surface area contributed by atoms with Gasteiger partial charge in [-0.1, -0.05) is 18.2 Å². The average molecular weight is 205 g/mol. The highest BCUT2D eigenvalue weighted by molar-refractivity contribution is 5.77. The van der Waals surface area contributed by atoms with E-state index in [4.69, 9.17) is 4.42 Å². The van der Waals surface area contributed by atoms with Gasteiger partial charge in [-0.2, -0.15) is 0 Å². The third kappa shape index (κ3) is 1.89. The lowest BCUT2D eigenvalue weighted by Gasteiger charge is -2.15. The zero-order chi connectivity index (χ0) is 10.8. The maximum atomic E-state index is 9.93. The Kier molecular flexibility index (Phi) is 2.75. The summed E-state index contributed by atoms with van der Waals surface area (Å²) in [6.45, 7) is 1.91. The van der Waals surface area contributed by atoms with Crippen molar-refractivity contribution in [1.29, 1.82) is 0 Å². The smallest absolute Gasteiger partial charge is 0.135 e. The van der Waals surface area contributed by atoms with Gasteiger partial charge in [0.25, 0.3) is 0 Å². The number of likely N-dealkylation sites (N-methyl/N-ethyl adjacent to an activating group) is 1. The van der Waals surface area contributed by atoms with Gasteiger partial charge in [0, 0.05) is 11.4 Å². The zero-order valence-electron chi connectivity index (χ0n) is 8.90. The Morgan fingerprint density at radius 1 is 1.33 bits per heavy atom. The van der Waals surface area contributed by atoms with Gasteiger partial charge in [-0.3, -0.25) is 0 Å². The SMILES string of the molecule is CNC(C)C(O)c1cc2ccccc2o1. The summed E-state index contributed by atoms with van der Waals surface area (Å²) in [6.07, 6.45) is -0.609. The van der Waals surface area contributed by atoms with Crippen molar-refractivity contribution in [2.45, 2.75) is 19.1 Å². The lowest BCUT2D eigenvalue weighted by Crippen LogP contribution is -2.28. The molecule has 80 valence electrons. The maximum Gasteiger partial charge on any atom is 0.135 e. The molecular weight excluding hydrogens is 190 g/mol. The minimum absolute atomic E-state index is 0.0226. The van der Waals surface area contributed by atoms with Crippen LogP contribution < -0.4 is 5.32 Å². The number of furan rings is 1. The second kappa shape index (κ2) is 4.04. The first-order chi connectivity index (χ1) is 7.22. The third-order valence-electron chi connectivity index (χ3n) is 2.67. The van der Waals surface area contributed by atoms with Crippen LogP contribution in [-0.4, -0.2) is 18.2 Å². The molecule has 0 saturated carbocycles. The average Bonchev–Trinajstić information content (AvgIpc) is 2.70. The van der Waals surface area contributed by atoms with Crippen LogP contribution >= 0.6 is 0 Å². The quantitative estimate of drug-likeness (QED) is 0.806. The molecule has 1 heterocycles. The van der Waals surface area contributed by atoms with Crippen molar-refractivity contribution >= 4 is 11.0 Å². The molecule has 0 fully saturated rings. The molecule has 3 nitrogen and oxygen atoms in total. The molecule has 15 heavy (non-hydrogen) atoms. The van der Waals surface area contributed by atoms with Crippen LogP contribution in [0, 0.1) is 0 Å². The first kappa shape index (κ1) is 10.2. The number of aliphatic hydroxyl groups is 1. The molecule has 2 aromatic rings. The van der Waals surface area contributed by atoms with E-state index < -0.39 is 6.10 Å². The van der Waals surface area contributed by atoms with Crippen LogP contribution in [0.1, 0.15) is 18.8 Å². The normalized spacial score (nSPS) is 15.4. The van der Waals surface area contributed by atoms with E-state index in [1.807, 2.05) is 44.3 Å². The molecule has 0 aliphatic heterocycles. The Morgan fingerprint density at radius 2 is 2.07 bits per heavy atom. The standard InChI is InChI=1S/C12H15NO2/c1-8(13-2)12(14)11-7-9-5-3-4-6-10(9)15-11/h3-8,12-14H,1-2H3. The summed E-state index contributed by atoms with van der Waals surface area (Å²) in [4.78, 5) is 0. The molecule has 0 spiro atoms. The van der Waals surface area contributed by atoms with Crippen molar-refractivity contribution < 1.29 is 9.52 Å². The van der Waals surface area contributed by atoms with E-state index in [-0.39, 0.29) is 6.04 Å². The van der Waals surface area contributed by atoms with Gasteiger partial charge in [-0.05, 0) is 26.1 Å². The van der Waals surface area contributed by atoms with Gasteiger partial charge in [0.1, 0.15) is 17.4 Å². The number of fused-ring (bicyclic) bond motifs is 1. The number of benzene rings is 1. The summed E-state index contributed by atoms with van der Waals surface area (Å²) in [5, 5.41) is 14.0. The Balaban J connectivity index is 2.36. The van der Waals surface area contributed by atoms with E-state index in [2.05, 4.69) is 5.32 Å². The number of hydrogen-bond donors (Lipinski definition) is 2. The van der Waals surface area contributed by atoms with Crippen LogP contribution in [0.2, 0.25) is 0 Å². The highest BCUT2D eigenvalue weighted by Gasteiger charge is 2.18. The van der Waals surface area contributed by atoms with E-state index in [9.17, 15) is 5.11 Å². The molecule has 1 aromatic carbocycles. The fourth-order valence-corrected chi connectivity index (χ4v) is 1.55. The molecule has 0 saturated heterocycles.